The zero-order valence-corrected chi connectivity index (χ0v) is 25.6. The van der Waals surface area contributed by atoms with Gasteiger partial charge in [-0.1, -0.05) is 86.1 Å². The molecule has 0 bridgehead atoms. The van der Waals surface area contributed by atoms with Gasteiger partial charge in [0.1, 0.15) is 11.6 Å². The van der Waals surface area contributed by atoms with E-state index in [4.69, 9.17) is 15.0 Å². The van der Waals surface area contributed by atoms with Crippen molar-refractivity contribution in [2.45, 2.75) is 40.0 Å². The molecule has 1 aliphatic rings. The summed E-state index contributed by atoms with van der Waals surface area (Å²) in [7, 11) is 0. The molecule has 2 heterocycles. The van der Waals surface area contributed by atoms with Gasteiger partial charge in [-0.25, -0.2) is 15.0 Å². The minimum absolute atomic E-state index is 0.157. The summed E-state index contributed by atoms with van der Waals surface area (Å²) >= 11 is 0. The van der Waals surface area contributed by atoms with Crippen LogP contribution in [0.25, 0.3) is 33.9 Å². The molecule has 0 saturated carbocycles. The van der Waals surface area contributed by atoms with Gasteiger partial charge in [0, 0.05) is 34.0 Å². The molecule has 44 heavy (non-hydrogen) atoms. The zero-order valence-electron chi connectivity index (χ0n) is 25.6. The van der Waals surface area contributed by atoms with Crippen molar-refractivity contribution >= 4 is 17.2 Å². The maximum Gasteiger partial charge on any atom is 0.164 e. The van der Waals surface area contributed by atoms with Crippen LogP contribution >= 0.6 is 0 Å². The van der Waals surface area contributed by atoms with E-state index in [-0.39, 0.29) is 11.2 Å². The van der Waals surface area contributed by atoms with Crippen molar-refractivity contribution < 1.29 is 5.11 Å². The number of nitrogens with zero attached hydrogens (tertiary/aromatic N) is 4. The summed E-state index contributed by atoms with van der Waals surface area (Å²) in [5.74, 6) is 1.50. The highest BCUT2D eigenvalue weighted by molar-refractivity contribution is 5.88. The number of hydrogen-bond acceptors (Lipinski definition) is 5. The average molecular weight is 575 g/mol. The highest BCUT2D eigenvalue weighted by Crippen LogP contribution is 2.52. The lowest BCUT2D eigenvalue weighted by Gasteiger charge is -2.29. The maximum absolute atomic E-state index is 10.8. The van der Waals surface area contributed by atoms with Crippen LogP contribution in [0.3, 0.4) is 0 Å². The Morgan fingerprint density at radius 2 is 1.36 bits per heavy atom. The lowest BCUT2D eigenvalue weighted by molar-refractivity contribution is 0.477. The zero-order chi connectivity index (χ0) is 30.6. The molecule has 2 aromatic heterocycles. The molecule has 0 radical (unpaired) electrons. The molecular formula is C39H34N4O. The number of benzene rings is 4. The van der Waals surface area contributed by atoms with E-state index in [0.717, 1.165) is 45.3 Å². The van der Waals surface area contributed by atoms with Crippen molar-refractivity contribution in [2.75, 3.05) is 4.90 Å². The minimum Gasteiger partial charge on any atom is -0.507 e. The molecule has 7 rings (SSSR count). The van der Waals surface area contributed by atoms with Gasteiger partial charge in [-0.05, 0) is 73.9 Å². The van der Waals surface area contributed by atoms with E-state index in [9.17, 15) is 5.11 Å². The highest BCUT2D eigenvalue weighted by Gasteiger charge is 2.40. The molecule has 0 saturated heterocycles. The monoisotopic (exact) mass is 574 g/mol. The molecule has 0 unspecified atom stereocenters. The van der Waals surface area contributed by atoms with Crippen molar-refractivity contribution in [1.82, 2.24) is 15.0 Å². The predicted octanol–water partition coefficient (Wildman–Crippen LogP) is 9.61. The number of rotatable bonds is 5. The lowest BCUT2D eigenvalue weighted by Crippen LogP contribution is -2.18. The Bertz CT molecular complexity index is 2030. The standard InChI is InChI=1S/C39H34N4O/c1-24-21-25(2)37(26(3)22-24)43(33-19-10-11-20-40-33)28-14-12-13-27(23-28)35-34-36(29-15-6-8-17-31(29)39(34,4)5)42-38(41-35)30-16-7-9-18-32(30)44/h6-23,44H,1-5H3. The maximum atomic E-state index is 10.8. The van der Waals surface area contributed by atoms with Crippen molar-refractivity contribution in [1.29, 1.82) is 0 Å². The SMILES string of the molecule is Cc1cc(C)c(N(c2cccc(-c3nc(-c4ccccc4O)nc4c3C(C)(C)c3ccccc3-4)c2)c2ccccn2)c(C)c1. The first kappa shape index (κ1) is 27.5. The van der Waals surface area contributed by atoms with Gasteiger partial charge in [0.25, 0.3) is 0 Å². The minimum atomic E-state index is -0.320. The topological polar surface area (TPSA) is 62.1 Å². The molecule has 0 fully saturated rings. The Labute approximate surface area is 258 Å². The second-order valence-corrected chi connectivity index (χ2v) is 12.1. The van der Waals surface area contributed by atoms with Crippen molar-refractivity contribution in [3.05, 3.63) is 137 Å². The fraction of sp³-hybridized carbons (Fsp3) is 0.154. The van der Waals surface area contributed by atoms with Gasteiger partial charge in [-0.3, -0.25) is 4.90 Å². The molecule has 216 valence electrons. The molecule has 0 spiro atoms. The van der Waals surface area contributed by atoms with E-state index < -0.39 is 0 Å². The van der Waals surface area contributed by atoms with E-state index in [1.807, 2.05) is 42.6 Å². The fourth-order valence-electron chi connectivity index (χ4n) is 6.79. The molecule has 0 atom stereocenters. The first-order valence-corrected chi connectivity index (χ1v) is 14.9. The Balaban J connectivity index is 1.49. The summed E-state index contributed by atoms with van der Waals surface area (Å²) in [5.41, 5.74) is 12.1. The molecule has 6 aromatic rings. The summed E-state index contributed by atoms with van der Waals surface area (Å²) < 4.78 is 0. The number of aromatic nitrogens is 3. The van der Waals surface area contributed by atoms with Gasteiger partial charge in [0.05, 0.1) is 22.6 Å². The number of aryl methyl sites for hydroxylation is 3. The second-order valence-electron chi connectivity index (χ2n) is 12.1. The average Bonchev–Trinajstić information content (AvgIpc) is 3.25. The van der Waals surface area contributed by atoms with Crippen LogP contribution in [0.2, 0.25) is 0 Å². The van der Waals surface area contributed by atoms with Crippen LogP contribution in [0, 0.1) is 20.8 Å². The van der Waals surface area contributed by atoms with Gasteiger partial charge >= 0.3 is 0 Å². The van der Waals surface area contributed by atoms with E-state index in [1.54, 1.807) is 6.07 Å². The number of fused-ring (bicyclic) bond motifs is 3. The molecule has 5 heteroatoms. The van der Waals surface area contributed by atoms with Gasteiger partial charge in [-0.2, -0.15) is 0 Å². The normalized spacial score (nSPS) is 12.9. The summed E-state index contributed by atoms with van der Waals surface area (Å²) in [6.07, 6.45) is 1.83. The van der Waals surface area contributed by atoms with Crippen LogP contribution in [-0.2, 0) is 5.41 Å². The largest absolute Gasteiger partial charge is 0.507 e. The van der Waals surface area contributed by atoms with E-state index >= 15 is 0 Å². The summed E-state index contributed by atoms with van der Waals surface area (Å²) in [6, 6.07) is 34.7. The number of pyridine rings is 1. The summed E-state index contributed by atoms with van der Waals surface area (Å²) in [5, 5.41) is 10.8. The third-order valence-electron chi connectivity index (χ3n) is 8.65. The van der Waals surface area contributed by atoms with Crippen LogP contribution in [0.1, 0.15) is 41.7 Å². The summed E-state index contributed by atoms with van der Waals surface area (Å²) in [4.78, 5) is 17.3. The van der Waals surface area contributed by atoms with E-state index in [1.165, 1.54) is 22.3 Å². The molecule has 1 N–H and O–H groups in total. The molecule has 4 aromatic carbocycles. The van der Waals surface area contributed by atoms with E-state index in [0.29, 0.717) is 11.4 Å². The molecule has 5 nitrogen and oxygen atoms in total. The highest BCUT2D eigenvalue weighted by atomic mass is 16.3. The van der Waals surface area contributed by atoms with Crippen LogP contribution in [0.4, 0.5) is 17.2 Å². The van der Waals surface area contributed by atoms with Crippen LogP contribution < -0.4 is 4.90 Å². The quantitative estimate of drug-likeness (QED) is 0.222. The third-order valence-corrected chi connectivity index (χ3v) is 8.65. The second kappa shape index (κ2) is 10.5. The first-order valence-electron chi connectivity index (χ1n) is 14.9. The number of hydrogen-bond donors (Lipinski definition) is 1. The number of phenols is 1. The lowest BCUT2D eigenvalue weighted by atomic mass is 9.80. The van der Waals surface area contributed by atoms with Crippen LogP contribution in [0.5, 0.6) is 5.75 Å². The van der Waals surface area contributed by atoms with Gasteiger partial charge < -0.3 is 5.11 Å². The summed E-state index contributed by atoms with van der Waals surface area (Å²) in [6.45, 7) is 10.9. The number of para-hydroxylation sites is 1. The Morgan fingerprint density at radius 1 is 0.682 bits per heavy atom. The molecular weight excluding hydrogens is 540 g/mol. The molecule has 1 aliphatic carbocycles. The van der Waals surface area contributed by atoms with Crippen LogP contribution in [-0.4, -0.2) is 20.1 Å². The third kappa shape index (κ3) is 4.44. The number of phenolic OH excluding ortho intramolecular Hbond substituents is 1. The van der Waals surface area contributed by atoms with Crippen molar-refractivity contribution in [2.24, 2.45) is 0 Å². The Kier molecular flexibility index (Phi) is 6.54. The van der Waals surface area contributed by atoms with Gasteiger partial charge in [-0.15, -0.1) is 0 Å². The Morgan fingerprint density at radius 3 is 2.09 bits per heavy atom. The predicted molar refractivity (Wildman–Crippen MR) is 179 cm³/mol. The van der Waals surface area contributed by atoms with Gasteiger partial charge in [0.15, 0.2) is 5.82 Å². The van der Waals surface area contributed by atoms with E-state index in [2.05, 4.69) is 100 Å². The van der Waals surface area contributed by atoms with Crippen molar-refractivity contribution in [3.63, 3.8) is 0 Å². The smallest absolute Gasteiger partial charge is 0.164 e. The fourth-order valence-corrected chi connectivity index (χ4v) is 6.79. The number of anilines is 3. The first-order chi connectivity index (χ1) is 21.2. The number of aromatic hydroxyl groups is 1. The molecule has 0 aliphatic heterocycles. The van der Waals surface area contributed by atoms with Crippen LogP contribution in [0.15, 0.2) is 109 Å². The molecule has 0 amide bonds. The van der Waals surface area contributed by atoms with Crippen molar-refractivity contribution in [3.8, 4) is 39.7 Å². The Hall–Kier alpha value is -5.29. The van der Waals surface area contributed by atoms with Gasteiger partial charge in [0.2, 0.25) is 0 Å².